The zero-order chi connectivity index (χ0) is 9.40. The van der Waals surface area contributed by atoms with E-state index in [9.17, 15) is 0 Å². The summed E-state index contributed by atoms with van der Waals surface area (Å²) >= 11 is 0. The van der Waals surface area contributed by atoms with Crippen LogP contribution in [0.15, 0.2) is 12.7 Å². The molecule has 0 aliphatic heterocycles. The maximum absolute atomic E-state index is 5.62. The van der Waals surface area contributed by atoms with Crippen LogP contribution < -0.4 is 0 Å². The summed E-state index contributed by atoms with van der Waals surface area (Å²) in [5.41, 5.74) is 0. The molecule has 0 aromatic carbocycles. The Morgan fingerprint density at radius 2 is 2.25 bits per heavy atom. The number of hydrogen-bond donors (Lipinski definition) is 0. The molecule has 2 nitrogen and oxygen atoms in total. The summed E-state index contributed by atoms with van der Waals surface area (Å²) in [7, 11) is 0.747. The number of hydrogen-bond acceptors (Lipinski definition) is 2. The minimum Gasteiger partial charge on any atom is -0.404 e. The van der Waals surface area contributed by atoms with Crippen LogP contribution >= 0.6 is 0 Å². The van der Waals surface area contributed by atoms with Gasteiger partial charge in [-0.25, -0.2) is 0 Å². The van der Waals surface area contributed by atoms with E-state index in [0.29, 0.717) is 0 Å². The van der Waals surface area contributed by atoms with Crippen molar-refractivity contribution in [2.75, 3.05) is 0 Å². The predicted molar refractivity (Wildman–Crippen MR) is 55.1 cm³/mol. The molecule has 0 amide bonds. The fourth-order valence-electron chi connectivity index (χ4n) is 0.998. The van der Waals surface area contributed by atoms with E-state index in [4.69, 9.17) is 9.16 Å². The third-order valence-electron chi connectivity index (χ3n) is 1.76. The lowest BCUT2D eigenvalue weighted by Crippen LogP contribution is -2.21. The van der Waals surface area contributed by atoms with Gasteiger partial charge in [-0.1, -0.05) is 13.0 Å². The molecule has 0 saturated carbocycles. The van der Waals surface area contributed by atoms with Crippen LogP contribution in [-0.4, -0.2) is 22.9 Å². The summed E-state index contributed by atoms with van der Waals surface area (Å²) < 4.78 is 10.9. The molecule has 0 radical (unpaired) electrons. The SMILES string of the molecule is C=CCCC(C)OC(CC)O[SiH3]. The van der Waals surface area contributed by atoms with Crippen molar-refractivity contribution >= 4 is 10.5 Å². The molecule has 0 N–H and O–H groups in total. The minimum absolute atomic E-state index is 0.0106. The van der Waals surface area contributed by atoms with Gasteiger partial charge in [0.1, 0.15) is 16.8 Å². The van der Waals surface area contributed by atoms with Gasteiger partial charge in [0, 0.05) is 0 Å². The molecule has 0 bridgehead atoms. The van der Waals surface area contributed by atoms with Crippen LogP contribution in [0.25, 0.3) is 0 Å². The van der Waals surface area contributed by atoms with E-state index in [1.165, 1.54) is 0 Å². The van der Waals surface area contributed by atoms with Crippen LogP contribution in [0.1, 0.15) is 33.1 Å². The van der Waals surface area contributed by atoms with Gasteiger partial charge in [0.15, 0.2) is 0 Å². The molecule has 0 saturated heterocycles. The fourth-order valence-corrected chi connectivity index (χ4v) is 1.44. The summed E-state index contributed by atoms with van der Waals surface area (Å²) in [4.78, 5) is 0. The molecule has 12 heavy (non-hydrogen) atoms. The van der Waals surface area contributed by atoms with Crippen LogP contribution in [0.5, 0.6) is 0 Å². The van der Waals surface area contributed by atoms with Crippen molar-refractivity contribution in [3.05, 3.63) is 12.7 Å². The Morgan fingerprint density at radius 3 is 2.67 bits per heavy atom. The lowest BCUT2D eigenvalue weighted by Gasteiger charge is -2.19. The lowest BCUT2D eigenvalue weighted by molar-refractivity contribution is -0.113. The van der Waals surface area contributed by atoms with Crippen LogP contribution in [0.2, 0.25) is 0 Å². The van der Waals surface area contributed by atoms with Crippen molar-refractivity contribution in [2.45, 2.75) is 45.5 Å². The zero-order valence-electron chi connectivity index (χ0n) is 8.38. The van der Waals surface area contributed by atoms with Gasteiger partial charge in [-0.2, -0.15) is 0 Å². The highest BCUT2D eigenvalue weighted by Crippen LogP contribution is 2.07. The number of allylic oxidation sites excluding steroid dienone is 1. The Bertz CT molecular complexity index is 113. The smallest absolute Gasteiger partial charge is 0.149 e. The maximum atomic E-state index is 5.62. The summed E-state index contributed by atoms with van der Waals surface area (Å²) in [6.45, 7) is 7.82. The molecule has 0 aliphatic carbocycles. The molecule has 0 aromatic heterocycles. The standard InChI is InChI=1S/C9H20O2Si/c1-4-6-7-8(3)10-9(5-2)11-12/h4,8-9H,1,5-7H2,2-3,12H3. The molecular weight excluding hydrogens is 168 g/mol. The van der Waals surface area contributed by atoms with Crippen LogP contribution in [0.4, 0.5) is 0 Å². The quantitative estimate of drug-likeness (QED) is 0.341. The second-order valence-electron chi connectivity index (χ2n) is 2.89. The van der Waals surface area contributed by atoms with Crippen molar-refractivity contribution in [1.82, 2.24) is 0 Å². The van der Waals surface area contributed by atoms with Crippen LogP contribution in [-0.2, 0) is 9.16 Å². The van der Waals surface area contributed by atoms with Gasteiger partial charge in [-0.3, -0.25) is 0 Å². The molecule has 0 aromatic rings. The topological polar surface area (TPSA) is 18.5 Å². The van der Waals surface area contributed by atoms with Crippen LogP contribution in [0, 0.1) is 0 Å². The van der Waals surface area contributed by atoms with E-state index >= 15 is 0 Å². The summed E-state index contributed by atoms with van der Waals surface area (Å²) in [6, 6.07) is 0. The number of ether oxygens (including phenoxy) is 1. The largest absolute Gasteiger partial charge is 0.404 e. The minimum atomic E-state index is 0.0106. The fraction of sp³-hybridized carbons (Fsp3) is 0.778. The van der Waals surface area contributed by atoms with Gasteiger partial charge in [-0.15, -0.1) is 6.58 Å². The van der Waals surface area contributed by atoms with Crippen molar-refractivity contribution in [1.29, 1.82) is 0 Å². The van der Waals surface area contributed by atoms with E-state index in [-0.39, 0.29) is 12.4 Å². The molecule has 72 valence electrons. The molecule has 0 rings (SSSR count). The second-order valence-corrected chi connectivity index (χ2v) is 3.36. The first-order valence-electron chi connectivity index (χ1n) is 4.53. The zero-order valence-corrected chi connectivity index (χ0v) is 10.4. The van der Waals surface area contributed by atoms with E-state index in [2.05, 4.69) is 20.4 Å². The molecular formula is C9H20O2Si. The highest BCUT2D eigenvalue weighted by Gasteiger charge is 2.08. The highest BCUT2D eigenvalue weighted by molar-refractivity contribution is 5.98. The molecule has 0 aliphatic rings. The van der Waals surface area contributed by atoms with Crippen molar-refractivity contribution < 1.29 is 9.16 Å². The first-order chi connectivity index (χ1) is 5.74. The van der Waals surface area contributed by atoms with E-state index in [0.717, 1.165) is 29.7 Å². The molecule has 0 spiro atoms. The predicted octanol–water partition coefficient (Wildman–Crippen LogP) is 1.39. The van der Waals surface area contributed by atoms with E-state index in [1.54, 1.807) is 0 Å². The van der Waals surface area contributed by atoms with Gasteiger partial charge < -0.3 is 9.16 Å². The molecule has 2 atom stereocenters. The maximum Gasteiger partial charge on any atom is 0.149 e. The van der Waals surface area contributed by atoms with Crippen molar-refractivity contribution in [2.24, 2.45) is 0 Å². The summed E-state index contributed by atoms with van der Waals surface area (Å²) in [6.07, 6.45) is 5.19. The van der Waals surface area contributed by atoms with E-state index in [1.807, 2.05) is 6.08 Å². The Hall–Kier alpha value is -0.123. The highest BCUT2D eigenvalue weighted by atomic mass is 28.2. The Kier molecular flexibility index (Phi) is 7.44. The van der Waals surface area contributed by atoms with Gasteiger partial charge in [0.05, 0.1) is 6.10 Å². The second kappa shape index (κ2) is 7.52. The van der Waals surface area contributed by atoms with Crippen molar-refractivity contribution in [3.63, 3.8) is 0 Å². The Labute approximate surface area is 78.5 Å². The third-order valence-corrected chi connectivity index (χ3v) is 2.28. The molecule has 3 heteroatoms. The first kappa shape index (κ1) is 11.9. The van der Waals surface area contributed by atoms with E-state index < -0.39 is 0 Å². The van der Waals surface area contributed by atoms with Gasteiger partial charge in [-0.05, 0) is 26.2 Å². The average Bonchev–Trinajstić information content (AvgIpc) is 2.10. The third kappa shape index (κ3) is 5.52. The first-order valence-corrected chi connectivity index (χ1v) is 5.35. The van der Waals surface area contributed by atoms with Gasteiger partial charge in [0.25, 0.3) is 0 Å². The molecule has 2 unspecified atom stereocenters. The van der Waals surface area contributed by atoms with Crippen LogP contribution in [0.3, 0.4) is 0 Å². The average molecular weight is 188 g/mol. The lowest BCUT2D eigenvalue weighted by atomic mass is 10.2. The molecule has 0 heterocycles. The Balaban J connectivity index is 3.50. The summed E-state index contributed by atoms with van der Waals surface area (Å²) in [5.74, 6) is 0. The van der Waals surface area contributed by atoms with Gasteiger partial charge in [0.2, 0.25) is 0 Å². The van der Waals surface area contributed by atoms with Gasteiger partial charge >= 0.3 is 0 Å². The normalized spacial score (nSPS) is 15.8. The Morgan fingerprint density at radius 1 is 1.58 bits per heavy atom. The number of rotatable bonds is 7. The van der Waals surface area contributed by atoms with Crippen molar-refractivity contribution in [3.8, 4) is 0 Å². The monoisotopic (exact) mass is 188 g/mol. The summed E-state index contributed by atoms with van der Waals surface area (Å²) in [5, 5.41) is 0. The molecule has 0 fully saturated rings.